The van der Waals surface area contributed by atoms with Crippen molar-refractivity contribution in [1.82, 2.24) is 5.32 Å². The summed E-state index contributed by atoms with van der Waals surface area (Å²) < 4.78 is 26.2. The van der Waals surface area contributed by atoms with E-state index in [1.54, 1.807) is 6.92 Å². The Balaban J connectivity index is 2.18. The highest BCUT2D eigenvalue weighted by atomic mass is 19.2. The second-order valence-electron chi connectivity index (χ2n) is 5.17. The van der Waals surface area contributed by atoms with Crippen LogP contribution in [0.5, 0.6) is 0 Å². The van der Waals surface area contributed by atoms with Gasteiger partial charge in [-0.25, -0.2) is 13.6 Å². The predicted molar refractivity (Wildman–Crippen MR) is 67.6 cm³/mol. The number of halogens is 2. The third-order valence-corrected chi connectivity index (χ3v) is 3.30. The number of carbonyl (C=O) groups excluding carboxylic acids is 1. The van der Waals surface area contributed by atoms with Gasteiger partial charge in [0.2, 0.25) is 0 Å². The zero-order valence-corrected chi connectivity index (χ0v) is 11.0. The van der Waals surface area contributed by atoms with Crippen molar-refractivity contribution in [2.45, 2.75) is 32.2 Å². The van der Waals surface area contributed by atoms with Crippen LogP contribution in [0, 0.1) is 17.6 Å². The number of carboxylic acids is 1. The molecule has 1 aliphatic carbocycles. The van der Waals surface area contributed by atoms with Crippen molar-refractivity contribution in [2.75, 3.05) is 0 Å². The molecule has 0 bridgehead atoms. The Bertz CT molecular complexity index is 556. The molecule has 1 amide bonds. The van der Waals surface area contributed by atoms with Crippen molar-refractivity contribution in [2.24, 2.45) is 5.92 Å². The van der Waals surface area contributed by atoms with E-state index in [-0.39, 0.29) is 11.6 Å². The van der Waals surface area contributed by atoms with Crippen molar-refractivity contribution in [3.8, 4) is 0 Å². The molecule has 6 heteroatoms. The molecule has 0 aliphatic heterocycles. The predicted octanol–water partition coefficient (Wildman–Crippen LogP) is 2.58. The Morgan fingerprint density at radius 3 is 2.35 bits per heavy atom. The Kier molecular flexibility index (Phi) is 4.01. The highest BCUT2D eigenvalue weighted by Crippen LogP contribution is 2.33. The molecule has 0 radical (unpaired) electrons. The van der Waals surface area contributed by atoms with Crippen LogP contribution in [0.1, 0.15) is 46.9 Å². The van der Waals surface area contributed by atoms with Gasteiger partial charge in [0.05, 0.1) is 11.1 Å². The number of carbonyl (C=O) groups is 2. The number of benzene rings is 1. The van der Waals surface area contributed by atoms with Gasteiger partial charge in [-0.05, 0) is 31.4 Å². The third-order valence-electron chi connectivity index (χ3n) is 3.30. The molecule has 0 heterocycles. The van der Waals surface area contributed by atoms with Crippen LogP contribution in [-0.2, 0) is 0 Å². The Morgan fingerprint density at radius 1 is 1.30 bits per heavy atom. The molecule has 1 aromatic carbocycles. The fraction of sp³-hybridized carbons (Fsp3) is 0.429. The lowest BCUT2D eigenvalue weighted by Gasteiger charge is -2.14. The molecular weight excluding hydrogens is 268 g/mol. The van der Waals surface area contributed by atoms with Gasteiger partial charge in [-0.15, -0.1) is 0 Å². The SMILES string of the molecule is CC(CC1CC1)NC(=O)c1cc(F)c(F)cc1C(=O)O. The number of rotatable bonds is 5. The Hall–Kier alpha value is -1.98. The van der Waals surface area contributed by atoms with E-state index < -0.39 is 29.1 Å². The fourth-order valence-electron chi connectivity index (χ4n) is 2.13. The van der Waals surface area contributed by atoms with Gasteiger partial charge in [-0.3, -0.25) is 4.79 Å². The maximum absolute atomic E-state index is 13.2. The smallest absolute Gasteiger partial charge is 0.336 e. The van der Waals surface area contributed by atoms with E-state index in [0.29, 0.717) is 18.1 Å². The Labute approximate surface area is 114 Å². The van der Waals surface area contributed by atoms with Gasteiger partial charge in [0, 0.05) is 6.04 Å². The van der Waals surface area contributed by atoms with E-state index in [2.05, 4.69) is 5.32 Å². The molecule has 4 nitrogen and oxygen atoms in total. The van der Waals surface area contributed by atoms with Crippen molar-refractivity contribution in [1.29, 1.82) is 0 Å². The van der Waals surface area contributed by atoms with Crippen molar-refractivity contribution in [3.63, 3.8) is 0 Å². The first-order valence-electron chi connectivity index (χ1n) is 6.41. The second-order valence-corrected chi connectivity index (χ2v) is 5.17. The van der Waals surface area contributed by atoms with Crippen LogP contribution in [0.25, 0.3) is 0 Å². The van der Waals surface area contributed by atoms with Crippen LogP contribution in [0.4, 0.5) is 8.78 Å². The molecule has 0 aromatic heterocycles. The highest BCUT2D eigenvalue weighted by Gasteiger charge is 2.26. The van der Waals surface area contributed by atoms with Gasteiger partial charge in [0.25, 0.3) is 5.91 Å². The lowest BCUT2D eigenvalue weighted by Crippen LogP contribution is -2.34. The number of amides is 1. The maximum atomic E-state index is 13.2. The van der Waals surface area contributed by atoms with Crippen LogP contribution < -0.4 is 5.32 Å². The minimum atomic E-state index is -1.47. The van der Waals surface area contributed by atoms with Crippen molar-refractivity contribution < 1.29 is 23.5 Å². The molecule has 1 saturated carbocycles. The third kappa shape index (κ3) is 3.31. The maximum Gasteiger partial charge on any atom is 0.336 e. The van der Waals surface area contributed by atoms with Crippen LogP contribution in [-0.4, -0.2) is 23.0 Å². The monoisotopic (exact) mass is 283 g/mol. The summed E-state index contributed by atoms with van der Waals surface area (Å²) in [5.74, 6) is -4.10. The molecule has 20 heavy (non-hydrogen) atoms. The minimum Gasteiger partial charge on any atom is -0.478 e. The number of aromatic carboxylic acids is 1. The topological polar surface area (TPSA) is 66.4 Å². The molecule has 1 aliphatic rings. The minimum absolute atomic E-state index is 0.134. The highest BCUT2D eigenvalue weighted by molar-refractivity contribution is 6.04. The summed E-state index contributed by atoms with van der Waals surface area (Å²) in [6, 6.07) is 1.01. The summed E-state index contributed by atoms with van der Waals surface area (Å²) in [6.07, 6.45) is 3.06. The number of nitrogens with one attached hydrogen (secondary N) is 1. The van der Waals surface area contributed by atoms with Crippen LogP contribution in [0.15, 0.2) is 12.1 Å². The average Bonchev–Trinajstić information content (AvgIpc) is 3.15. The summed E-state index contributed by atoms with van der Waals surface area (Å²) >= 11 is 0. The number of hydrogen-bond acceptors (Lipinski definition) is 2. The molecule has 2 N–H and O–H groups in total. The quantitative estimate of drug-likeness (QED) is 0.872. The van der Waals surface area contributed by atoms with Crippen LogP contribution >= 0.6 is 0 Å². The summed E-state index contributed by atoms with van der Waals surface area (Å²) in [7, 11) is 0. The molecule has 0 spiro atoms. The lowest BCUT2D eigenvalue weighted by molar-refractivity contribution is 0.0689. The van der Waals surface area contributed by atoms with Crippen molar-refractivity contribution >= 4 is 11.9 Å². The van der Waals surface area contributed by atoms with Gasteiger partial charge < -0.3 is 10.4 Å². The first-order chi connectivity index (χ1) is 9.38. The molecule has 1 unspecified atom stereocenters. The van der Waals surface area contributed by atoms with E-state index in [4.69, 9.17) is 5.11 Å². The largest absolute Gasteiger partial charge is 0.478 e. The number of hydrogen-bond donors (Lipinski definition) is 2. The summed E-state index contributed by atoms with van der Waals surface area (Å²) in [6.45, 7) is 1.80. The van der Waals surface area contributed by atoms with Gasteiger partial charge >= 0.3 is 5.97 Å². The second kappa shape index (κ2) is 5.56. The molecule has 108 valence electrons. The zero-order valence-electron chi connectivity index (χ0n) is 11.0. The Morgan fingerprint density at radius 2 is 1.85 bits per heavy atom. The molecule has 0 saturated heterocycles. The van der Waals surface area contributed by atoms with E-state index >= 15 is 0 Å². The fourth-order valence-corrected chi connectivity index (χ4v) is 2.13. The molecule has 1 fully saturated rings. The first kappa shape index (κ1) is 14.4. The van der Waals surface area contributed by atoms with Gasteiger partial charge in [-0.1, -0.05) is 12.8 Å². The summed E-state index contributed by atoms with van der Waals surface area (Å²) in [5, 5.41) is 11.6. The van der Waals surface area contributed by atoms with E-state index in [9.17, 15) is 18.4 Å². The van der Waals surface area contributed by atoms with E-state index in [1.807, 2.05) is 0 Å². The molecule has 1 aromatic rings. The van der Waals surface area contributed by atoms with Crippen molar-refractivity contribution in [3.05, 3.63) is 34.9 Å². The van der Waals surface area contributed by atoms with Gasteiger partial charge in [0.15, 0.2) is 11.6 Å². The lowest BCUT2D eigenvalue weighted by atomic mass is 10.1. The van der Waals surface area contributed by atoms with Crippen LogP contribution in [0.3, 0.4) is 0 Å². The molecule has 2 rings (SSSR count). The van der Waals surface area contributed by atoms with E-state index in [1.165, 1.54) is 0 Å². The summed E-state index contributed by atoms with van der Waals surface area (Å²) in [4.78, 5) is 23.0. The van der Waals surface area contributed by atoms with Gasteiger partial charge in [-0.2, -0.15) is 0 Å². The zero-order chi connectivity index (χ0) is 14.9. The van der Waals surface area contributed by atoms with E-state index in [0.717, 1.165) is 19.3 Å². The first-order valence-corrected chi connectivity index (χ1v) is 6.41. The number of carboxylic acid groups (broad SMARTS) is 1. The normalized spacial score (nSPS) is 15.8. The standard InChI is InChI=1S/C14H15F2NO3/c1-7(4-8-2-3-8)17-13(18)9-5-11(15)12(16)6-10(9)14(19)20/h5-8H,2-4H2,1H3,(H,17,18)(H,19,20). The average molecular weight is 283 g/mol. The summed E-state index contributed by atoms with van der Waals surface area (Å²) in [5.41, 5.74) is -0.904. The molecular formula is C14H15F2NO3. The van der Waals surface area contributed by atoms with Gasteiger partial charge in [0.1, 0.15) is 0 Å². The molecule has 1 atom stereocenters. The van der Waals surface area contributed by atoms with Crippen LogP contribution in [0.2, 0.25) is 0 Å².